The van der Waals surface area contributed by atoms with Crippen LogP contribution >= 0.6 is 31.9 Å². The van der Waals surface area contributed by atoms with Crippen molar-refractivity contribution in [2.45, 2.75) is 0 Å². The summed E-state index contributed by atoms with van der Waals surface area (Å²) in [5, 5.41) is 3.10. The molecule has 0 fully saturated rings. The number of nitrogens with zero attached hydrogens (tertiary/aromatic N) is 2. The van der Waals surface area contributed by atoms with Crippen LogP contribution in [-0.2, 0) is 0 Å². The Morgan fingerprint density at radius 1 is 1.11 bits per heavy atom. The molecule has 1 heterocycles. The van der Waals surface area contributed by atoms with E-state index in [1.807, 2.05) is 18.2 Å². The first-order chi connectivity index (χ1) is 9.13. The summed E-state index contributed by atoms with van der Waals surface area (Å²) in [5.74, 6) is 1.65. The normalized spacial score (nSPS) is 10.1. The van der Waals surface area contributed by atoms with Gasteiger partial charge in [-0.3, -0.25) is 0 Å². The van der Waals surface area contributed by atoms with E-state index >= 15 is 0 Å². The number of hydrogen-bond donors (Lipinski definition) is 1. The largest absolute Gasteiger partial charge is 0.497 e. The molecule has 0 aliphatic rings. The molecule has 0 aliphatic carbocycles. The van der Waals surface area contributed by atoms with Crippen LogP contribution in [0.25, 0.3) is 0 Å². The average Bonchev–Trinajstić information content (AvgIpc) is 2.43. The summed E-state index contributed by atoms with van der Waals surface area (Å²) in [7, 11) is 3.17. The molecule has 0 atom stereocenters. The van der Waals surface area contributed by atoms with E-state index in [1.54, 1.807) is 20.4 Å². The molecule has 7 heteroatoms. The highest BCUT2D eigenvalue weighted by atomic mass is 79.9. The van der Waals surface area contributed by atoms with Crippen molar-refractivity contribution in [3.63, 3.8) is 0 Å². The van der Waals surface area contributed by atoms with Crippen LogP contribution in [0.3, 0.4) is 0 Å². The van der Waals surface area contributed by atoms with Gasteiger partial charge in [0.15, 0.2) is 0 Å². The molecule has 2 aromatic rings. The molecule has 0 radical (unpaired) electrons. The number of ether oxygens (including phenoxy) is 2. The van der Waals surface area contributed by atoms with E-state index in [4.69, 9.17) is 9.47 Å². The first-order valence-corrected chi connectivity index (χ1v) is 6.89. The van der Waals surface area contributed by atoms with Crippen LogP contribution in [0.5, 0.6) is 11.6 Å². The highest BCUT2D eigenvalue weighted by Crippen LogP contribution is 2.30. The Hall–Kier alpha value is -1.34. The second kappa shape index (κ2) is 6.21. The highest BCUT2D eigenvalue weighted by molar-refractivity contribution is 9.11. The number of aromatic nitrogens is 2. The molecule has 1 N–H and O–H groups in total. The van der Waals surface area contributed by atoms with Gasteiger partial charge in [-0.1, -0.05) is 0 Å². The van der Waals surface area contributed by atoms with Gasteiger partial charge in [0.25, 0.3) is 0 Å². The minimum atomic E-state index is 0.439. The van der Waals surface area contributed by atoms with Crippen molar-refractivity contribution in [2.24, 2.45) is 0 Å². The molecule has 1 aromatic heterocycles. The molecule has 2 rings (SSSR count). The number of nitrogens with one attached hydrogen (secondary N) is 1. The summed E-state index contributed by atoms with van der Waals surface area (Å²) in [6, 6.07) is 5.59. The fourth-order valence-electron chi connectivity index (χ4n) is 1.40. The van der Waals surface area contributed by atoms with Gasteiger partial charge in [-0.2, -0.15) is 4.98 Å². The Balaban J connectivity index is 2.30. The second-order valence-corrected chi connectivity index (χ2v) is 5.23. The summed E-state index contributed by atoms with van der Waals surface area (Å²) in [6.07, 6.45) is 1.63. The molecule has 0 bridgehead atoms. The van der Waals surface area contributed by atoms with E-state index in [-0.39, 0.29) is 0 Å². The van der Waals surface area contributed by atoms with Crippen LogP contribution in [0, 0.1) is 0 Å². The Bertz CT molecular complexity index is 593. The molecule has 19 heavy (non-hydrogen) atoms. The zero-order valence-electron chi connectivity index (χ0n) is 10.3. The summed E-state index contributed by atoms with van der Waals surface area (Å²) in [6.45, 7) is 0. The molecule has 100 valence electrons. The Kier molecular flexibility index (Phi) is 4.60. The SMILES string of the molecule is COc1ccc(Br)c(Nc2ncc(Br)c(OC)n2)c1. The van der Waals surface area contributed by atoms with Gasteiger partial charge in [0.2, 0.25) is 11.8 Å². The predicted octanol–water partition coefficient (Wildman–Crippen LogP) is 3.76. The lowest BCUT2D eigenvalue weighted by molar-refractivity contribution is 0.394. The smallest absolute Gasteiger partial charge is 0.232 e. The van der Waals surface area contributed by atoms with Gasteiger partial charge >= 0.3 is 0 Å². The van der Waals surface area contributed by atoms with E-state index < -0.39 is 0 Å². The molecular weight excluding hydrogens is 378 g/mol. The van der Waals surface area contributed by atoms with Crippen molar-refractivity contribution in [1.29, 1.82) is 0 Å². The molecule has 0 aliphatic heterocycles. The van der Waals surface area contributed by atoms with Gasteiger partial charge in [-0.15, -0.1) is 0 Å². The summed E-state index contributed by atoms with van der Waals surface area (Å²) >= 11 is 6.76. The standard InChI is InChI=1S/C12H11Br2N3O2/c1-18-7-3-4-8(13)10(5-7)16-12-15-6-9(14)11(17-12)19-2/h3-6H,1-2H3,(H,15,16,17). The van der Waals surface area contributed by atoms with Crippen molar-refractivity contribution in [3.05, 3.63) is 33.3 Å². The molecule has 0 unspecified atom stereocenters. The maximum Gasteiger partial charge on any atom is 0.232 e. The zero-order valence-corrected chi connectivity index (χ0v) is 13.4. The van der Waals surface area contributed by atoms with Gasteiger partial charge in [-0.25, -0.2) is 4.98 Å². The minimum Gasteiger partial charge on any atom is -0.497 e. The number of methoxy groups -OCH3 is 2. The molecule has 0 amide bonds. The van der Waals surface area contributed by atoms with Crippen molar-refractivity contribution in [1.82, 2.24) is 9.97 Å². The number of anilines is 2. The van der Waals surface area contributed by atoms with E-state index in [0.29, 0.717) is 16.3 Å². The number of halogens is 2. The zero-order chi connectivity index (χ0) is 13.8. The lowest BCUT2D eigenvalue weighted by Crippen LogP contribution is -2.00. The van der Waals surface area contributed by atoms with Crippen molar-refractivity contribution in [3.8, 4) is 11.6 Å². The summed E-state index contributed by atoms with van der Waals surface area (Å²) in [5.41, 5.74) is 0.809. The van der Waals surface area contributed by atoms with Crippen LogP contribution in [-0.4, -0.2) is 24.2 Å². The lowest BCUT2D eigenvalue weighted by atomic mass is 10.3. The third-order valence-corrected chi connectivity index (χ3v) is 3.56. The van der Waals surface area contributed by atoms with Crippen molar-refractivity contribution < 1.29 is 9.47 Å². The number of rotatable bonds is 4. The first-order valence-electron chi connectivity index (χ1n) is 5.31. The second-order valence-electron chi connectivity index (χ2n) is 3.52. The topological polar surface area (TPSA) is 56.3 Å². The van der Waals surface area contributed by atoms with Crippen LogP contribution in [0.2, 0.25) is 0 Å². The monoisotopic (exact) mass is 387 g/mol. The fraction of sp³-hybridized carbons (Fsp3) is 0.167. The highest BCUT2D eigenvalue weighted by Gasteiger charge is 2.08. The summed E-state index contributed by atoms with van der Waals surface area (Å²) < 4.78 is 11.9. The molecule has 0 spiro atoms. The van der Waals surface area contributed by atoms with Crippen molar-refractivity contribution in [2.75, 3.05) is 19.5 Å². The first kappa shape index (κ1) is 14.1. The Morgan fingerprint density at radius 3 is 2.58 bits per heavy atom. The molecular formula is C12H11Br2N3O2. The van der Waals surface area contributed by atoms with E-state index in [9.17, 15) is 0 Å². The van der Waals surface area contributed by atoms with Crippen molar-refractivity contribution >= 4 is 43.5 Å². The van der Waals surface area contributed by atoms with Crippen LogP contribution < -0.4 is 14.8 Å². The maximum absolute atomic E-state index is 5.18. The van der Waals surface area contributed by atoms with E-state index in [2.05, 4.69) is 47.1 Å². The van der Waals surface area contributed by atoms with Crippen LogP contribution in [0.15, 0.2) is 33.3 Å². The van der Waals surface area contributed by atoms with Crippen LogP contribution in [0.1, 0.15) is 0 Å². The van der Waals surface area contributed by atoms with Gasteiger partial charge in [-0.05, 0) is 44.0 Å². The molecule has 0 saturated carbocycles. The third kappa shape index (κ3) is 3.36. The minimum absolute atomic E-state index is 0.439. The maximum atomic E-state index is 5.18. The number of benzene rings is 1. The van der Waals surface area contributed by atoms with E-state index in [0.717, 1.165) is 15.9 Å². The summed E-state index contributed by atoms with van der Waals surface area (Å²) in [4.78, 5) is 8.40. The molecule has 0 saturated heterocycles. The molecule has 1 aromatic carbocycles. The van der Waals surface area contributed by atoms with Gasteiger partial charge in [0.1, 0.15) is 5.75 Å². The van der Waals surface area contributed by atoms with Gasteiger partial charge in [0, 0.05) is 10.5 Å². The molecule has 5 nitrogen and oxygen atoms in total. The fourth-order valence-corrected chi connectivity index (χ4v) is 2.10. The number of hydrogen-bond acceptors (Lipinski definition) is 5. The van der Waals surface area contributed by atoms with Crippen LogP contribution in [0.4, 0.5) is 11.6 Å². The van der Waals surface area contributed by atoms with E-state index in [1.165, 1.54) is 0 Å². The quantitative estimate of drug-likeness (QED) is 0.863. The Labute approximate surface area is 127 Å². The Morgan fingerprint density at radius 2 is 1.89 bits per heavy atom. The third-order valence-electron chi connectivity index (χ3n) is 2.33. The van der Waals surface area contributed by atoms with Gasteiger partial charge < -0.3 is 14.8 Å². The van der Waals surface area contributed by atoms with Gasteiger partial charge in [0.05, 0.1) is 30.6 Å². The average molecular weight is 389 g/mol. The lowest BCUT2D eigenvalue weighted by Gasteiger charge is -2.10. The predicted molar refractivity (Wildman–Crippen MR) is 80.3 cm³/mol.